The van der Waals surface area contributed by atoms with Gasteiger partial charge in [-0.05, 0) is 120 Å². The molecule has 0 radical (unpaired) electrons. The van der Waals surface area contributed by atoms with Gasteiger partial charge in [0.25, 0.3) is 0 Å². The zero-order chi connectivity index (χ0) is 58.1. The average molecular weight is 1130 g/mol. The number of carbonyl (C=O) groups is 4. The molecule has 0 amide bonds. The highest BCUT2D eigenvalue weighted by Crippen LogP contribution is 2.48. The van der Waals surface area contributed by atoms with Crippen LogP contribution in [0.4, 0.5) is 0 Å². The third-order valence-electron chi connectivity index (χ3n) is 14.5. The predicted octanol–water partition coefficient (Wildman–Crippen LogP) is 13.8. The minimum absolute atomic E-state index is 0.0631. The number of ketones is 1. The zero-order valence-corrected chi connectivity index (χ0v) is 48.8. The van der Waals surface area contributed by atoms with Crippen molar-refractivity contribution in [3.63, 3.8) is 0 Å². The van der Waals surface area contributed by atoms with E-state index < -0.39 is 25.7 Å². The Morgan fingerprint density at radius 3 is 1.17 bits per heavy atom. The van der Waals surface area contributed by atoms with Crippen LogP contribution < -0.4 is 31.8 Å². The number of carbonyl (C=O) groups excluding carboxylic acids is 3. The van der Waals surface area contributed by atoms with E-state index in [4.69, 9.17) is 14.6 Å². The first kappa shape index (κ1) is 60.2. The molecule has 1 aliphatic rings. The van der Waals surface area contributed by atoms with Crippen LogP contribution in [0.3, 0.4) is 0 Å². The molecule has 9 aromatic carbocycles. The van der Waals surface area contributed by atoms with Crippen LogP contribution in [0.25, 0.3) is 6.08 Å². The molecule has 0 spiro atoms. The second-order valence-corrected chi connectivity index (χ2v) is 26.6. The highest BCUT2D eigenvalue weighted by atomic mass is 31.2. The SMILES string of the molecule is C/C=C/C1CCC(C(=O)C(C(=O)OCc2ccccc2)=P(c2ccccc2)(c2ccccc2)c2ccccc2)CC1.C/C=C/c1ccc(C(=O)O)cc1.O=C(C=P(c1ccccc1)(c1ccccc1)c1ccccc1)OCc1ccccc1. The molecular formula is C74H70O7P2. The van der Waals surface area contributed by atoms with E-state index in [2.05, 4.69) is 84.9 Å². The number of carboxylic acids is 1. The Balaban J connectivity index is 0.000000186. The maximum atomic E-state index is 14.9. The van der Waals surface area contributed by atoms with Gasteiger partial charge in [0.15, 0.2) is 5.78 Å². The maximum Gasteiger partial charge on any atom is 0.343 e. The molecule has 0 saturated heterocycles. The summed E-state index contributed by atoms with van der Waals surface area (Å²) in [6, 6.07) is 87.3. The lowest BCUT2D eigenvalue weighted by molar-refractivity contribution is -0.138. The lowest BCUT2D eigenvalue weighted by Gasteiger charge is -2.34. The van der Waals surface area contributed by atoms with Crippen LogP contribution in [0.2, 0.25) is 0 Å². The lowest BCUT2D eigenvalue weighted by Crippen LogP contribution is -2.41. The van der Waals surface area contributed by atoms with Gasteiger partial charge in [-0.15, -0.1) is 0 Å². The zero-order valence-electron chi connectivity index (χ0n) is 47.0. The number of esters is 2. The van der Waals surface area contributed by atoms with Gasteiger partial charge in [-0.2, -0.15) is 0 Å². The van der Waals surface area contributed by atoms with E-state index in [0.717, 1.165) is 74.2 Å². The summed E-state index contributed by atoms with van der Waals surface area (Å²) >= 11 is 0. The Kier molecular flexibility index (Phi) is 22.4. The first-order valence-electron chi connectivity index (χ1n) is 28.1. The summed E-state index contributed by atoms with van der Waals surface area (Å²) < 4.78 is 11.7. The Labute approximate surface area is 489 Å². The minimum atomic E-state index is -2.91. The Morgan fingerprint density at radius 2 is 0.807 bits per heavy atom. The van der Waals surface area contributed by atoms with Gasteiger partial charge in [-0.1, -0.05) is 279 Å². The number of ether oxygens (including phenoxy) is 2. The topological polar surface area (TPSA) is 107 Å². The van der Waals surface area contributed by atoms with Crippen molar-refractivity contribution in [3.05, 3.63) is 307 Å². The van der Waals surface area contributed by atoms with Crippen molar-refractivity contribution >= 4 is 86.5 Å². The molecular weight excluding hydrogens is 1060 g/mol. The van der Waals surface area contributed by atoms with E-state index in [0.29, 0.717) is 16.8 Å². The van der Waals surface area contributed by atoms with Gasteiger partial charge in [0.1, 0.15) is 18.5 Å². The third kappa shape index (κ3) is 15.6. The molecule has 10 rings (SSSR count). The average Bonchev–Trinajstić information content (AvgIpc) is 3.69. The number of aromatic carboxylic acids is 1. The van der Waals surface area contributed by atoms with E-state index >= 15 is 0 Å². The van der Waals surface area contributed by atoms with E-state index in [-0.39, 0.29) is 30.9 Å². The molecule has 418 valence electrons. The number of hydrogen-bond acceptors (Lipinski definition) is 6. The molecule has 1 N–H and O–H groups in total. The molecule has 0 heterocycles. The highest BCUT2D eigenvalue weighted by Gasteiger charge is 2.41. The maximum absolute atomic E-state index is 14.9. The molecule has 0 bridgehead atoms. The molecule has 0 unspecified atom stereocenters. The molecule has 1 saturated carbocycles. The first-order chi connectivity index (χ1) is 40.7. The highest BCUT2D eigenvalue weighted by molar-refractivity contribution is 7.97. The van der Waals surface area contributed by atoms with Crippen molar-refractivity contribution in [3.8, 4) is 0 Å². The molecule has 9 aromatic rings. The van der Waals surface area contributed by atoms with E-state index in [9.17, 15) is 19.2 Å². The smallest absolute Gasteiger partial charge is 0.343 e. The summed E-state index contributed by atoms with van der Waals surface area (Å²) in [4.78, 5) is 52.9. The molecule has 7 nitrogen and oxygen atoms in total. The third-order valence-corrected chi connectivity index (χ3v) is 22.8. The van der Waals surface area contributed by atoms with Crippen LogP contribution >= 0.6 is 13.8 Å². The largest absolute Gasteiger partial charge is 0.478 e. The van der Waals surface area contributed by atoms with E-state index in [1.807, 2.05) is 202 Å². The molecule has 0 aromatic heterocycles. The van der Waals surface area contributed by atoms with Gasteiger partial charge in [-0.3, -0.25) is 4.79 Å². The molecule has 9 heteroatoms. The van der Waals surface area contributed by atoms with Crippen molar-refractivity contribution in [1.82, 2.24) is 0 Å². The minimum Gasteiger partial charge on any atom is -0.478 e. The van der Waals surface area contributed by atoms with Crippen LogP contribution in [0, 0.1) is 11.8 Å². The number of Topliss-reactive ketones (excluding diaryl/α,β-unsaturated/α-hetero) is 1. The fourth-order valence-corrected chi connectivity index (χ4v) is 18.6. The number of benzene rings is 9. The van der Waals surface area contributed by atoms with Gasteiger partial charge in [0, 0.05) is 11.7 Å². The van der Waals surface area contributed by atoms with E-state index in [1.165, 1.54) is 0 Å². The molecule has 1 aliphatic carbocycles. The number of hydrogen-bond donors (Lipinski definition) is 1. The number of rotatable bonds is 17. The van der Waals surface area contributed by atoms with Gasteiger partial charge >= 0.3 is 17.9 Å². The quantitative estimate of drug-likeness (QED) is 0.0419. The van der Waals surface area contributed by atoms with E-state index in [1.54, 1.807) is 24.3 Å². The lowest BCUT2D eigenvalue weighted by atomic mass is 9.79. The second kappa shape index (κ2) is 30.8. The normalized spacial score (nSPS) is 14.0. The van der Waals surface area contributed by atoms with Gasteiger partial charge < -0.3 is 14.6 Å². The Bertz CT molecular complexity index is 3450. The summed E-state index contributed by atoms with van der Waals surface area (Å²) in [6.45, 7) is -0.903. The van der Waals surface area contributed by atoms with Gasteiger partial charge in [0.2, 0.25) is 0 Å². The summed E-state index contributed by atoms with van der Waals surface area (Å²) in [5.41, 5.74) is 3.20. The molecule has 83 heavy (non-hydrogen) atoms. The standard InChI is InChI=1S/C37H37O3P.C27H23O2P.C10H10O2/c1-2-15-29-24-26-31(27-25-29)35(38)36(37(39)40-28-30-16-7-3-8-17-30)41(32-18-9-4-10-19-32,33-20-11-5-12-21-33)34-22-13-6-14-23-34;28-27(29-21-23-13-5-1-6-14-23)22-30(24-15-7-2-8-16-24,25-17-9-3-10-18-25)26-19-11-4-12-20-26;1-2-3-8-4-6-9(7-5-8)10(11)12/h2-23,29,31H,24-28H2,1H3;1-20,22H,21H2;2-7H,1H3,(H,11,12)/b15-2+;;3-2+. The predicted molar refractivity (Wildman–Crippen MR) is 347 cm³/mol. The number of carboxylic acid groups (broad SMARTS) is 1. The summed E-state index contributed by atoms with van der Waals surface area (Å²) in [5, 5.41) is 15.2. The fraction of sp³-hybridized carbons (Fsp3) is 0.135. The Morgan fingerprint density at radius 1 is 0.446 bits per heavy atom. The van der Waals surface area contributed by atoms with Crippen molar-refractivity contribution in [2.75, 3.05) is 0 Å². The summed E-state index contributed by atoms with van der Waals surface area (Å²) in [5.74, 6) is 0.313. The second-order valence-electron chi connectivity index (χ2n) is 20.0. The Hall–Kier alpha value is -8.86. The monoisotopic (exact) mass is 1130 g/mol. The van der Waals surface area contributed by atoms with Crippen LogP contribution in [0.15, 0.2) is 285 Å². The molecule has 0 aliphatic heterocycles. The van der Waals surface area contributed by atoms with Gasteiger partial charge in [0.05, 0.1) is 5.56 Å². The molecule has 0 atom stereocenters. The van der Waals surface area contributed by atoms with Crippen LogP contribution in [0.1, 0.15) is 66.6 Å². The van der Waals surface area contributed by atoms with Crippen molar-refractivity contribution in [2.24, 2.45) is 11.8 Å². The summed E-state index contributed by atoms with van der Waals surface area (Å²) in [7, 11) is 0. The summed E-state index contributed by atoms with van der Waals surface area (Å²) in [6.07, 6.45) is 11.6. The van der Waals surface area contributed by atoms with Crippen molar-refractivity contribution in [1.29, 1.82) is 0 Å². The molecule has 1 fully saturated rings. The van der Waals surface area contributed by atoms with Crippen LogP contribution in [0.5, 0.6) is 0 Å². The first-order valence-corrected chi connectivity index (χ1v) is 31.7. The van der Waals surface area contributed by atoms with Gasteiger partial charge in [-0.25, -0.2) is 14.4 Å². The number of allylic oxidation sites excluding steroid dienone is 3. The fourth-order valence-electron chi connectivity index (χ4n) is 10.5. The van der Waals surface area contributed by atoms with Crippen molar-refractivity contribution in [2.45, 2.75) is 52.7 Å². The van der Waals surface area contributed by atoms with Crippen molar-refractivity contribution < 1.29 is 33.8 Å². The van der Waals surface area contributed by atoms with Crippen LogP contribution in [-0.2, 0) is 37.1 Å². The van der Waals surface area contributed by atoms with Crippen LogP contribution in [-0.4, -0.2) is 39.9 Å².